The summed E-state index contributed by atoms with van der Waals surface area (Å²) in [7, 11) is 0. The SMILES string of the molecule is Clc1ccccc1-c1cc(-c2cc(-c3cc(-c4ccccc4)cc4ccccc34)nc(-c3ccccc3)n2)cc2ccccc12. The van der Waals surface area contributed by atoms with Crippen molar-refractivity contribution in [2.24, 2.45) is 0 Å². The smallest absolute Gasteiger partial charge is 0.160 e. The van der Waals surface area contributed by atoms with Gasteiger partial charge in [-0.1, -0.05) is 139 Å². The van der Waals surface area contributed by atoms with Gasteiger partial charge in [0.15, 0.2) is 5.82 Å². The Morgan fingerprint density at radius 3 is 1.60 bits per heavy atom. The number of hydrogen-bond acceptors (Lipinski definition) is 2. The highest BCUT2D eigenvalue weighted by atomic mass is 35.5. The van der Waals surface area contributed by atoms with Crippen LogP contribution in [0, 0.1) is 0 Å². The van der Waals surface area contributed by atoms with Gasteiger partial charge >= 0.3 is 0 Å². The van der Waals surface area contributed by atoms with Gasteiger partial charge in [0.2, 0.25) is 0 Å². The fourth-order valence-electron chi connectivity index (χ4n) is 6.13. The van der Waals surface area contributed by atoms with E-state index in [1.165, 1.54) is 10.9 Å². The van der Waals surface area contributed by atoms with Crippen LogP contribution in [-0.2, 0) is 0 Å². The number of rotatable bonds is 5. The van der Waals surface area contributed by atoms with E-state index in [1.54, 1.807) is 0 Å². The average Bonchev–Trinajstić information content (AvgIpc) is 3.11. The summed E-state index contributed by atoms with van der Waals surface area (Å²) in [6, 6.07) is 56.8. The van der Waals surface area contributed by atoms with Gasteiger partial charge < -0.3 is 0 Å². The Morgan fingerprint density at radius 2 is 0.889 bits per heavy atom. The Kier molecular flexibility index (Phi) is 6.90. The summed E-state index contributed by atoms with van der Waals surface area (Å²) in [5.74, 6) is 0.685. The van der Waals surface area contributed by atoms with E-state index >= 15 is 0 Å². The lowest BCUT2D eigenvalue weighted by Gasteiger charge is -2.15. The van der Waals surface area contributed by atoms with Crippen molar-refractivity contribution in [1.29, 1.82) is 0 Å². The lowest BCUT2D eigenvalue weighted by atomic mass is 9.93. The zero-order chi connectivity index (χ0) is 30.2. The fourth-order valence-corrected chi connectivity index (χ4v) is 6.37. The molecule has 0 fully saturated rings. The van der Waals surface area contributed by atoms with E-state index in [0.29, 0.717) is 5.82 Å². The molecule has 0 saturated heterocycles. The van der Waals surface area contributed by atoms with E-state index in [0.717, 1.165) is 65.9 Å². The Bertz CT molecular complexity index is 2330. The van der Waals surface area contributed by atoms with Gasteiger partial charge in [0.05, 0.1) is 11.4 Å². The van der Waals surface area contributed by atoms with Gasteiger partial charge in [-0.25, -0.2) is 9.97 Å². The summed E-state index contributed by atoms with van der Waals surface area (Å²) < 4.78 is 0. The van der Waals surface area contributed by atoms with Crippen molar-refractivity contribution in [3.05, 3.63) is 169 Å². The third-order valence-electron chi connectivity index (χ3n) is 8.32. The van der Waals surface area contributed by atoms with Crippen LogP contribution < -0.4 is 0 Å². The average molecular weight is 595 g/mol. The molecule has 2 nitrogen and oxygen atoms in total. The summed E-state index contributed by atoms with van der Waals surface area (Å²) in [5.41, 5.74) is 9.16. The predicted octanol–water partition coefficient (Wildman–Crippen LogP) is 11.8. The van der Waals surface area contributed by atoms with E-state index < -0.39 is 0 Å². The summed E-state index contributed by atoms with van der Waals surface area (Å²) in [6.45, 7) is 0. The maximum atomic E-state index is 6.76. The van der Waals surface area contributed by atoms with Crippen molar-refractivity contribution in [1.82, 2.24) is 9.97 Å². The summed E-state index contributed by atoms with van der Waals surface area (Å²) in [4.78, 5) is 10.4. The number of nitrogens with zero attached hydrogens (tertiary/aromatic N) is 2. The third kappa shape index (κ3) is 5.16. The van der Waals surface area contributed by atoms with Crippen LogP contribution in [0.4, 0.5) is 0 Å². The van der Waals surface area contributed by atoms with Gasteiger partial charge in [-0.2, -0.15) is 0 Å². The predicted molar refractivity (Wildman–Crippen MR) is 189 cm³/mol. The molecule has 45 heavy (non-hydrogen) atoms. The first-order chi connectivity index (χ1) is 22.2. The first-order valence-corrected chi connectivity index (χ1v) is 15.4. The Labute approximate surface area is 267 Å². The highest BCUT2D eigenvalue weighted by Gasteiger charge is 2.16. The van der Waals surface area contributed by atoms with E-state index in [1.807, 2.05) is 36.4 Å². The van der Waals surface area contributed by atoms with E-state index in [9.17, 15) is 0 Å². The van der Waals surface area contributed by atoms with Crippen molar-refractivity contribution in [2.45, 2.75) is 0 Å². The first kappa shape index (κ1) is 27.0. The Balaban J connectivity index is 1.41. The highest BCUT2D eigenvalue weighted by Crippen LogP contribution is 2.39. The van der Waals surface area contributed by atoms with E-state index in [2.05, 4.69) is 127 Å². The van der Waals surface area contributed by atoms with Gasteiger partial charge in [0.25, 0.3) is 0 Å². The molecule has 0 N–H and O–H groups in total. The quantitative estimate of drug-likeness (QED) is 0.198. The molecule has 0 aliphatic carbocycles. The van der Waals surface area contributed by atoms with E-state index in [4.69, 9.17) is 21.6 Å². The van der Waals surface area contributed by atoms with Gasteiger partial charge in [-0.15, -0.1) is 0 Å². The molecule has 8 rings (SSSR count). The minimum Gasteiger partial charge on any atom is -0.228 e. The zero-order valence-electron chi connectivity index (χ0n) is 24.4. The molecule has 3 heteroatoms. The van der Waals surface area contributed by atoms with Crippen LogP contribution in [0.15, 0.2) is 164 Å². The van der Waals surface area contributed by atoms with Gasteiger partial charge in [-0.05, 0) is 74.6 Å². The second-order valence-corrected chi connectivity index (χ2v) is 11.6. The maximum Gasteiger partial charge on any atom is 0.160 e. The molecule has 212 valence electrons. The minimum absolute atomic E-state index is 0.685. The monoisotopic (exact) mass is 594 g/mol. The summed E-state index contributed by atoms with van der Waals surface area (Å²) in [5, 5.41) is 5.31. The molecule has 0 unspecified atom stereocenters. The molecule has 1 aromatic heterocycles. The van der Waals surface area contributed by atoms with Crippen LogP contribution in [0.3, 0.4) is 0 Å². The second kappa shape index (κ2) is 11.5. The maximum absolute atomic E-state index is 6.76. The molecular formula is C42H27ClN2. The lowest BCUT2D eigenvalue weighted by molar-refractivity contribution is 1.19. The second-order valence-electron chi connectivity index (χ2n) is 11.2. The van der Waals surface area contributed by atoms with Crippen molar-refractivity contribution in [3.8, 4) is 56.2 Å². The third-order valence-corrected chi connectivity index (χ3v) is 8.65. The van der Waals surface area contributed by atoms with Crippen molar-refractivity contribution < 1.29 is 0 Å². The molecule has 0 bridgehead atoms. The lowest BCUT2D eigenvalue weighted by Crippen LogP contribution is -1.97. The molecule has 0 atom stereocenters. The Morgan fingerprint density at radius 1 is 0.356 bits per heavy atom. The number of halogens is 1. The molecule has 0 amide bonds. The fraction of sp³-hybridized carbons (Fsp3) is 0. The number of benzene rings is 7. The molecule has 1 heterocycles. The van der Waals surface area contributed by atoms with Crippen molar-refractivity contribution in [3.63, 3.8) is 0 Å². The number of aromatic nitrogens is 2. The molecule has 0 radical (unpaired) electrons. The molecule has 0 aliphatic heterocycles. The molecule has 0 saturated carbocycles. The largest absolute Gasteiger partial charge is 0.228 e. The summed E-state index contributed by atoms with van der Waals surface area (Å²) >= 11 is 6.76. The molecule has 0 aliphatic rings. The van der Waals surface area contributed by atoms with Crippen molar-refractivity contribution in [2.75, 3.05) is 0 Å². The van der Waals surface area contributed by atoms with Gasteiger partial charge in [0.1, 0.15) is 0 Å². The Hall–Kier alpha value is -5.57. The van der Waals surface area contributed by atoms with Gasteiger partial charge in [0, 0.05) is 27.3 Å². The highest BCUT2D eigenvalue weighted by molar-refractivity contribution is 6.33. The van der Waals surface area contributed by atoms with Gasteiger partial charge in [-0.3, -0.25) is 0 Å². The number of fused-ring (bicyclic) bond motifs is 2. The molecule has 8 aromatic rings. The van der Waals surface area contributed by atoms with Crippen LogP contribution >= 0.6 is 11.6 Å². The minimum atomic E-state index is 0.685. The van der Waals surface area contributed by atoms with E-state index in [-0.39, 0.29) is 0 Å². The topological polar surface area (TPSA) is 25.8 Å². The first-order valence-electron chi connectivity index (χ1n) is 15.0. The standard InChI is InChI=1S/C42H27ClN2/c43-39-22-12-11-21-36(39)37-26-33(24-31-18-7-9-19-34(31)37)40-27-41(45-42(44-40)29-15-5-2-6-16-29)38-25-32(28-13-3-1-4-14-28)23-30-17-8-10-20-35(30)38/h1-27H. The van der Waals surface area contributed by atoms with Crippen LogP contribution in [-0.4, -0.2) is 9.97 Å². The van der Waals surface area contributed by atoms with Crippen LogP contribution in [0.1, 0.15) is 0 Å². The zero-order valence-corrected chi connectivity index (χ0v) is 25.1. The normalized spacial score (nSPS) is 11.2. The van der Waals surface area contributed by atoms with Crippen LogP contribution in [0.2, 0.25) is 5.02 Å². The molecule has 0 spiro atoms. The van der Waals surface area contributed by atoms with Crippen molar-refractivity contribution >= 4 is 33.1 Å². The molecule has 7 aromatic carbocycles. The van der Waals surface area contributed by atoms with Crippen LogP contribution in [0.25, 0.3) is 77.7 Å². The summed E-state index contributed by atoms with van der Waals surface area (Å²) in [6.07, 6.45) is 0. The van der Waals surface area contributed by atoms with Crippen LogP contribution in [0.5, 0.6) is 0 Å². The molecular weight excluding hydrogens is 568 g/mol. The number of hydrogen-bond donors (Lipinski definition) is 0.